The second kappa shape index (κ2) is 8.00. The molecule has 1 amide bonds. The molecule has 0 spiro atoms. The van der Waals surface area contributed by atoms with Gasteiger partial charge >= 0.3 is 0 Å². The SMILES string of the molecule is CCOc1ccccc1CN(CC)C(=O)c1ccccc1C#N. The number of benzene rings is 2. The number of amides is 1. The largest absolute Gasteiger partial charge is 0.494 e. The van der Waals surface area contributed by atoms with Gasteiger partial charge in [0.05, 0.1) is 23.8 Å². The highest BCUT2D eigenvalue weighted by Gasteiger charge is 2.18. The van der Waals surface area contributed by atoms with Crippen LogP contribution in [0.1, 0.15) is 35.3 Å². The van der Waals surface area contributed by atoms with Gasteiger partial charge in [-0.1, -0.05) is 30.3 Å². The molecule has 2 aromatic rings. The number of hydrogen-bond acceptors (Lipinski definition) is 3. The van der Waals surface area contributed by atoms with Crippen molar-refractivity contribution in [2.24, 2.45) is 0 Å². The van der Waals surface area contributed by atoms with Crippen LogP contribution in [0.2, 0.25) is 0 Å². The van der Waals surface area contributed by atoms with Crippen molar-refractivity contribution in [2.75, 3.05) is 13.2 Å². The standard InChI is InChI=1S/C19H20N2O2/c1-3-21(14-16-10-6-8-12-18(16)23-4-2)19(22)17-11-7-5-9-15(17)13-20/h5-12H,3-4,14H2,1-2H3. The Kier molecular flexibility index (Phi) is 5.76. The lowest BCUT2D eigenvalue weighted by Gasteiger charge is -2.23. The summed E-state index contributed by atoms with van der Waals surface area (Å²) in [5.41, 5.74) is 1.79. The van der Waals surface area contributed by atoms with E-state index in [-0.39, 0.29) is 5.91 Å². The Hall–Kier alpha value is -2.80. The first kappa shape index (κ1) is 16.6. The van der Waals surface area contributed by atoms with Gasteiger partial charge in [0.15, 0.2) is 0 Å². The Morgan fingerprint density at radius 3 is 2.52 bits per heavy atom. The van der Waals surface area contributed by atoms with Crippen LogP contribution in [0, 0.1) is 11.3 Å². The van der Waals surface area contributed by atoms with Gasteiger partial charge in [-0.15, -0.1) is 0 Å². The number of carbonyl (C=O) groups excluding carboxylic acids is 1. The maximum absolute atomic E-state index is 12.8. The number of nitriles is 1. The zero-order valence-corrected chi connectivity index (χ0v) is 13.5. The summed E-state index contributed by atoms with van der Waals surface area (Å²) < 4.78 is 5.62. The fourth-order valence-corrected chi connectivity index (χ4v) is 2.40. The monoisotopic (exact) mass is 308 g/mol. The number of carbonyl (C=O) groups is 1. The topological polar surface area (TPSA) is 53.3 Å². The van der Waals surface area contributed by atoms with Gasteiger partial charge in [0.1, 0.15) is 5.75 Å². The van der Waals surface area contributed by atoms with Gasteiger partial charge in [0.25, 0.3) is 5.91 Å². The lowest BCUT2D eigenvalue weighted by atomic mass is 10.1. The molecule has 2 rings (SSSR count). The first-order chi connectivity index (χ1) is 11.2. The van der Waals surface area contributed by atoms with Crippen LogP contribution in [0.5, 0.6) is 5.75 Å². The molecule has 0 saturated heterocycles. The summed E-state index contributed by atoms with van der Waals surface area (Å²) in [5, 5.41) is 9.18. The van der Waals surface area contributed by atoms with Gasteiger partial charge in [-0.25, -0.2) is 0 Å². The highest BCUT2D eigenvalue weighted by molar-refractivity contribution is 5.96. The Morgan fingerprint density at radius 1 is 1.13 bits per heavy atom. The predicted octanol–water partition coefficient (Wildman–Crippen LogP) is 3.62. The number of nitrogens with zero attached hydrogens (tertiary/aromatic N) is 2. The Bertz CT molecular complexity index is 719. The number of hydrogen-bond donors (Lipinski definition) is 0. The first-order valence-electron chi connectivity index (χ1n) is 7.70. The fraction of sp³-hybridized carbons (Fsp3) is 0.263. The van der Waals surface area contributed by atoms with Gasteiger partial charge in [0, 0.05) is 18.7 Å². The maximum atomic E-state index is 12.8. The molecule has 0 saturated carbocycles. The molecule has 0 bridgehead atoms. The zero-order chi connectivity index (χ0) is 16.7. The van der Waals surface area contributed by atoms with E-state index >= 15 is 0 Å². The lowest BCUT2D eigenvalue weighted by Crippen LogP contribution is -2.31. The molecule has 2 aromatic carbocycles. The van der Waals surface area contributed by atoms with Crippen molar-refractivity contribution in [3.05, 3.63) is 65.2 Å². The van der Waals surface area contributed by atoms with Crippen LogP contribution >= 0.6 is 0 Å². The molecule has 0 atom stereocenters. The minimum Gasteiger partial charge on any atom is -0.494 e. The minimum atomic E-state index is -0.143. The lowest BCUT2D eigenvalue weighted by molar-refractivity contribution is 0.0751. The van der Waals surface area contributed by atoms with E-state index in [0.717, 1.165) is 11.3 Å². The molecule has 4 nitrogen and oxygen atoms in total. The molecule has 0 radical (unpaired) electrons. The van der Waals surface area contributed by atoms with Gasteiger partial charge in [-0.3, -0.25) is 4.79 Å². The molecule has 0 aliphatic rings. The molecular weight excluding hydrogens is 288 g/mol. The summed E-state index contributed by atoms with van der Waals surface area (Å²) in [6.45, 7) is 5.44. The second-order valence-electron chi connectivity index (χ2n) is 5.02. The molecule has 0 heterocycles. The summed E-state index contributed by atoms with van der Waals surface area (Å²) in [6.07, 6.45) is 0. The number of para-hydroxylation sites is 1. The average Bonchev–Trinajstić information content (AvgIpc) is 2.60. The molecule has 0 aliphatic heterocycles. The van der Waals surface area contributed by atoms with Crippen molar-refractivity contribution >= 4 is 5.91 Å². The van der Waals surface area contributed by atoms with Crippen molar-refractivity contribution in [3.63, 3.8) is 0 Å². The maximum Gasteiger partial charge on any atom is 0.255 e. The third-order valence-electron chi connectivity index (χ3n) is 3.58. The molecule has 0 N–H and O–H groups in total. The van der Waals surface area contributed by atoms with Crippen molar-refractivity contribution in [1.29, 1.82) is 5.26 Å². The third-order valence-corrected chi connectivity index (χ3v) is 3.58. The summed E-state index contributed by atoms with van der Waals surface area (Å²) in [4.78, 5) is 14.5. The quantitative estimate of drug-likeness (QED) is 0.819. The normalized spacial score (nSPS) is 9.96. The van der Waals surface area contributed by atoms with Crippen LogP contribution in [0.15, 0.2) is 48.5 Å². The summed E-state index contributed by atoms with van der Waals surface area (Å²) in [5.74, 6) is 0.644. The van der Waals surface area contributed by atoms with Gasteiger partial charge in [0.2, 0.25) is 0 Å². The van der Waals surface area contributed by atoms with Gasteiger partial charge < -0.3 is 9.64 Å². The smallest absolute Gasteiger partial charge is 0.255 e. The number of ether oxygens (including phenoxy) is 1. The second-order valence-corrected chi connectivity index (χ2v) is 5.02. The van der Waals surface area contributed by atoms with Crippen LogP contribution in [0.25, 0.3) is 0 Å². The zero-order valence-electron chi connectivity index (χ0n) is 13.5. The van der Waals surface area contributed by atoms with E-state index in [4.69, 9.17) is 4.74 Å². The molecular formula is C19H20N2O2. The van der Waals surface area contributed by atoms with E-state index in [2.05, 4.69) is 6.07 Å². The molecule has 0 aromatic heterocycles. The molecule has 0 fully saturated rings. The Balaban J connectivity index is 2.27. The summed E-state index contributed by atoms with van der Waals surface area (Å²) in [6, 6.07) is 16.7. The third kappa shape index (κ3) is 3.89. The van der Waals surface area contributed by atoms with E-state index in [0.29, 0.717) is 30.8 Å². The highest BCUT2D eigenvalue weighted by Crippen LogP contribution is 2.21. The van der Waals surface area contributed by atoms with E-state index < -0.39 is 0 Å². The van der Waals surface area contributed by atoms with Crippen LogP contribution in [0.3, 0.4) is 0 Å². The average molecular weight is 308 g/mol. The Labute approximate surface area is 136 Å². The van der Waals surface area contributed by atoms with Gasteiger partial charge in [-0.2, -0.15) is 5.26 Å². The van der Waals surface area contributed by atoms with E-state index in [9.17, 15) is 10.1 Å². The van der Waals surface area contributed by atoms with Crippen LogP contribution in [-0.4, -0.2) is 24.0 Å². The van der Waals surface area contributed by atoms with Crippen molar-refractivity contribution in [3.8, 4) is 11.8 Å². The minimum absolute atomic E-state index is 0.143. The molecule has 0 aliphatic carbocycles. The van der Waals surface area contributed by atoms with E-state index in [1.807, 2.05) is 38.1 Å². The van der Waals surface area contributed by atoms with Crippen molar-refractivity contribution in [2.45, 2.75) is 20.4 Å². The van der Waals surface area contributed by atoms with Gasteiger partial charge in [-0.05, 0) is 32.0 Å². The van der Waals surface area contributed by atoms with Crippen molar-refractivity contribution in [1.82, 2.24) is 4.90 Å². The van der Waals surface area contributed by atoms with Crippen LogP contribution < -0.4 is 4.74 Å². The molecule has 23 heavy (non-hydrogen) atoms. The summed E-state index contributed by atoms with van der Waals surface area (Å²) >= 11 is 0. The van der Waals surface area contributed by atoms with Crippen LogP contribution in [0.4, 0.5) is 0 Å². The van der Waals surface area contributed by atoms with E-state index in [1.54, 1.807) is 29.2 Å². The first-order valence-corrected chi connectivity index (χ1v) is 7.70. The Morgan fingerprint density at radius 2 is 1.83 bits per heavy atom. The number of rotatable bonds is 6. The van der Waals surface area contributed by atoms with Crippen molar-refractivity contribution < 1.29 is 9.53 Å². The molecule has 118 valence electrons. The molecule has 0 unspecified atom stereocenters. The van der Waals surface area contributed by atoms with Crippen LogP contribution in [-0.2, 0) is 6.54 Å². The predicted molar refractivity (Wildman–Crippen MR) is 89.2 cm³/mol. The summed E-state index contributed by atoms with van der Waals surface area (Å²) in [7, 11) is 0. The fourth-order valence-electron chi connectivity index (χ4n) is 2.40. The highest BCUT2D eigenvalue weighted by atomic mass is 16.5. The molecule has 4 heteroatoms. The van der Waals surface area contributed by atoms with E-state index in [1.165, 1.54) is 0 Å².